The number of aromatic amines is 1. The third kappa shape index (κ3) is 5.28. The molecule has 0 aliphatic heterocycles. The highest BCUT2D eigenvalue weighted by molar-refractivity contribution is 7.89. The number of ether oxygens (including phenoxy) is 1. The number of halogens is 1. The predicted molar refractivity (Wildman–Crippen MR) is 127 cm³/mol. The molecule has 0 atom stereocenters. The maximum absolute atomic E-state index is 12.6. The van der Waals surface area contributed by atoms with E-state index in [1.807, 2.05) is 43.3 Å². The Kier molecular flexibility index (Phi) is 6.48. The molecule has 4 aromatic rings. The van der Waals surface area contributed by atoms with Gasteiger partial charge in [0.15, 0.2) is 0 Å². The van der Waals surface area contributed by atoms with Gasteiger partial charge in [0.1, 0.15) is 17.3 Å². The molecule has 0 aliphatic carbocycles. The molecule has 0 bridgehead atoms. The van der Waals surface area contributed by atoms with E-state index in [2.05, 4.69) is 14.7 Å². The Bertz CT molecular complexity index is 1320. The molecule has 0 fully saturated rings. The molecule has 4 rings (SSSR count). The minimum atomic E-state index is -3.59. The maximum Gasteiger partial charge on any atom is 0.240 e. The molecule has 32 heavy (non-hydrogen) atoms. The summed E-state index contributed by atoms with van der Waals surface area (Å²) in [6.07, 6.45) is 0. The van der Waals surface area contributed by atoms with Crippen molar-refractivity contribution in [1.82, 2.24) is 19.6 Å². The SMILES string of the molecule is CN(C)CCNS(=O)(=O)c1ccc2nc(-c3ccc(Oc4ccc(Cl)cc4)cc3)[nH]c2c1. The number of sulfonamides is 1. The molecule has 166 valence electrons. The fourth-order valence-electron chi connectivity index (χ4n) is 3.10. The van der Waals surface area contributed by atoms with Gasteiger partial charge in [0.05, 0.1) is 15.9 Å². The second-order valence-electron chi connectivity index (χ2n) is 7.55. The minimum Gasteiger partial charge on any atom is -0.457 e. The van der Waals surface area contributed by atoms with Crippen molar-refractivity contribution in [3.05, 3.63) is 71.8 Å². The lowest BCUT2D eigenvalue weighted by molar-refractivity contribution is 0.412. The minimum absolute atomic E-state index is 0.200. The maximum atomic E-state index is 12.6. The van der Waals surface area contributed by atoms with Crippen LogP contribution in [0.4, 0.5) is 0 Å². The highest BCUT2D eigenvalue weighted by Crippen LogP contribution is 2.27. The molecular weight excluding hydrogens is 448 g/mol. The molecule has 0 saturated heterocycles. The van der Waals surface area contributed by atoms with Crippen LogP contribution in [-0.2, 0) is 10.0 Å². The number of hydrogen-bond acceptors (Lipinski definition) is 5. The van der Waals surface area contributed by atoms with Crippen molar-refractivity contribution in [2.75, 3.05) is 27.2 Å². The number of fused-ring (bicyclic) bond motifs is 1. The van der Waals surface area contributed by atoms with Gasteiger partial charge in [0, 0.05) is 23.7 Å². The van der Waals surface area contributed by atoms with E-state index >= 15 is 0 Å². The standard InChI is InChI=1S/C23H23ClN4O3S/c1-28(2)14-13-25-32(29,30)20-11-12-21-22(15-20)27-23(26-21)16-3-7-18(8-4-16)31-19-9-5-17(24)6-10-19/h3-12,15,25H,13-14H2,1-2H3,(H,26,27). The van der Waals surface area contributed by atoms with Crippen LogP contribution in [0.3, 0.4) is 0 Å². The van der Waals surface area contributed by atoms with Gasteiger partial charge in [-0.05, 0) is 80.8 Å². The third-order valence-electron chi connectivity index (χ3n) is 4.79. The normalized spacial score (nSPS) is 11.9. The van der Waals surface area contributed by atoms with Crippen molar-refractivity contribution >= 4 is 32.7 Å². The van der Waals surface area contributed by atoms with Gasteiger partial charge in [-0.3, -0.25) is 0 Å². The first-order chi connectivity index (χ1) is 15.3. The zero-order valence-corrected chi connectivity index (χ0v) is 19.2. The quantitative estimate of drug-likeness (QED) is 0.395. The number of hydrogen-bond donors (Lipinski definition) is 2. The zero-order valence-electron chi connectivity index (χ0n) is 17.7. The molecule has 2 N–H and O–H groups in total. The van der Waals surface area contributed by atoms with Gasteiger partial charge in [0.2, 0.25) is 10.0 Å². The average Bonchev–Trinajstić information content (AvgIpc) is 3.19. The van der Waals surface area contributed by atoms with E-state index < -0.39 is 10.0 Å². The Hall–Kier alpha value is -2.91. The summed E-state index contributed by atoms with van der Waals surface area (Å²) in [6, 6.07) is 19.5. The first-order valence-electron chi connectivity index (χ1n) is 9.98. The monoisotopic (exact) mass is 470 g/mol. The number of nitrogens with one attached hydrogen (secondary N) is 2. The van der Waals surface area contributed by atoms with Crippen molar-refractivity contribution in [2.45, 2.75) is 4.90 Å². The van der Waals surface area contributed by atoms with E-state index in [4.69, 9.17) is 16.3 Å². The van der Waals surface area contributed by atoms with E-state index in [-0.39, 0.29) is 4.90 Å². The molecule has 0 unspecified atom stereocenters. The summed E-state index contributed by atoms with van der Waals surface area (Å²) in [6.45, 7) is 0.958. The number of likely N-dealkylation sites (N-methyl/N-ethyl adjacent to an activating group) is 1. The number of aromatic nitrogens is 2. The van der Waals surface area contributed by atoms with Crippen LogP contribution in [0.2, 0.25) is 5.02 Å². The Morgan fingerprint density at radius 2 is 1.66 bits per heavy atom. The molecule has 7 nitrogen and oxygen atoms in total. The van der Waals surface area contributed by atoms with Crippen LogP contribution in [0.15, 0.2) is 71.6 Å². The summed E-state index contributed by atoms with van der Waals surface area (Å²) >= 11 is 5.90. The Balaban J connectivity index is 1.51. The molecule has 0 amide bonds. The summed E-state index contributed by atoms with van der Waals surface area (Å²) in [4.78, 5) is 9.90. The van der Waals surface area contributed by atoms with E-state index in [1.54, 1.807) is 42.5 Å². The van der Waals surface area contributed by atoms with Crippen LogP contribution < -0.4 is 9.46 Å². The van der Waals surface area contributed by atoms with E-state index in [0.717, 1.165) is 5.56 Å². The highest BCUT2D eigenvalue weighted by Gasteiger charge is 2.15. The lowest BCUT2D eigenvalue weighted by atomic mass is 10.2. The van der Waals surface area contributed by atoms with E-state index in [0.29, 0.717) is 46.5 Å². The molecule has 9 heteroatoms. The second kappa shape index (κ2) is 9.30. The second-order valence-corrected chi connectivity index (χ2v) is 9.75. The average molecular weight is 471 g/mol. The fraction of sp³-hybridized carbons (Fsp3) is 0.174. The number of nitrogens with zero attached hydrogens (tertiary/aromatic N) is 2. The van der Waals surface area contributed by atoms with Crippen molar-refractivity contribution in [1.29, 1.82) is 0 Å². The molecule has 0 radical (unpaired) electrons. The van der Waals surface area contributed by atoms with Gasteiger partial charge < -0.3 is 14.6 Å². The summed E-state index contributed by atoms with van der Waals surface area (Å²) in [7, 11) is 0.193. The molecule has 0 saturated carbocycles. The predicted octanol–water partition coefficient (Wildman–Crippen LogP) is 4.52. The zero-order chi connectivity index (χ0) is 22.7. The number of H-pyrrole nitrogens is 1. The Morgan fingerprint density at radius 3 is 2.31 bits per heavy atom. The van der Waals surface area contributed by atoms with Gasteiger partial charge in [0.25, 0.3) is 0 Å². The van der Waals surface area contributed by atoms with E-state index in [9.17, 15) is 8.42 Å². The van der Waals surface area contributed by atoms with Crippen LogP contribution in [0.1, 0.15) is 0 Å². The summed E-state index contributed by atoms with van der Waals surface area (Å²) in [5.41, 5.74) is 2.20. The summed E-state index contributed by atoms with van der Waals surface area (Å²) in [5, 5.41) is 0.651. The lowest BCUT2D eigenvalue weighted by Crippen LogP contribution is -2.31. The summed E-state index contributed by atoms with van der Waals surface area (Å²) in [5.74, 6) is 2.02. The van der Waals surface area contributed by atoms with Gasteiger partial charge in [-0.15, -0.1) is 0 Å². The number of rotatable bonds is 8. The number of benzene rings is 3. The highest BCUT2D eigenvalue weighted by atomic mass is 35.5. The Labute approximate surface area is 192 Å². The van der Waals surface area contributed by atoms with E-state index in [1.165, 1.54) is 0 Å². The van der Waals surface area contributed by atoms with Crippen LogP contribution in [0, 0.1) is 0 Å². The van der Waals surface area contributed by atoms with Gasteiger partial charge in [-0.25, -0.2) is 18.1 Å². The van der Waals surface area contributed by atoms with Crippen LogP contribution in [0.25, 0.3) is 22.4 Å². The Morgan fingerprint density at radius 1 is 1.00 bits per heavy atom. The van der Waals surface area contributed by atoms with Crippen molar-refractivity contribution < 1.29 is 13.2 Å². The van der Waals surface area contributed by atoms with Crippen molar-refractivity contribution in [3.63, 3.8) is 0 Å². The van der Waals surface area contributed by atoms with Crippen LogP contribution in [-0.4, -0.2) is 50.5 Å². The molecule has 1 aromatic heterocycles. The lowest BCUT2D eigenvalue weighted by Gasteiger charge is -2.10. The van der Waals surface area contributed by atoms with Gasteiger partial charge in [-0.1, -0.05) is 11.6 Å². The largest absolute Gasteiger partial charge is 0.457 e. The molecule has 1 heterocycles. The van der Waals surface area contributed by atoms with Crippen LogP contribution in [0.5, 0.6) is 11.5 Å². The molecule has 3 aromatic carbocycles. The number of imidazole rings is 1. The van der Waals surface area contributed by atoms with Crippen molar-refractivity contribution in [2.24, 2.45) is 0 Å². The van der Waals surface area contributed by atoms with Gasteiger partial charge in [-0.2, -0.15) is 0 Å². The van der Waals surface area contributed by atoms with Crippen molar-refractivity contribution in [3.8, 4) is 22.9 Å². The molecular formula is C23H23ClN4O3S. The molecule has 0 spiro atoms. The smallest absolute Gasteiger partial charge is 0.240 e. The third-order valence-corrected chi connectivity index (χ3v) is 6.50. The fourth-order valence-corrected chi connectivity index (χ4v) is 4.27. The molecule has 0 aliphatic rings. The topological polar surface area (TPSA) is 87.3 Å². The first-order valence-corrected chi connectivity index (χ1v) is 11.8. The van der Waals surface area contributed by atoms with Gasteiger partial charge >= 0.3 is 0 Å². The van der Waals surface area contributed by atoms with Crippen LogP contribution >= 0.6 is 11.6 Å². The summed E-state index contributed by atoms with van der Waals surface area (Å²) < 4.78 is 33.5. The first kappa shape index (κ1) is 22.3.